The number of ether oxygens (including phenoxy) is 1. The number of hydrogen-bond acceptors (Lipinski definition) is 4. The van der Waals surface area contributed by atoms with Crippen molar-refractivity contribution in [3.8, 4) is 11.3 Å². The van der Waals surface area contributed by atoms with Crippen molar-refractivity contribution in [3.05, 3.63) is 41.9 Å². The molecule has 0 spiro atoms. The topological polar surface area (TPSA) is 64.4 Å². The standard InChI is InChI=1S/C15H15FN2O3/c16-12-3-1-2-11(6-12)13-7-14(21-18-13)15(19)17-8-10-4-5-20-9-10/h1-3,6-7,10H,4-5,8-9H2,(H,17,19). The molecule has 1 fully saturated rings. The van der Waals surface area contributed by atoms with Crippen molar-refractivity contribution in [2.45, 2.75) is 6.42 Å². The second-order valence-electron chi connectivity index (χ2n) is 5.03. The highest BCUT2D eigenvalue weighted by Crippen LogP contribution is 2.20. The number of halogens is 1. The molecular weight excluding hydrogens is 275 g/mol. The summed E-state index contributed by atoms with van der Waals surface area (Å²) in [5, 5.41) is 6.59. The predicted molar refractivity (Wildman–Crippen MR) is 73.2 cm³/mol. The van der Waals surface area contributed by atoms with Crippen molar-refractivity contribution in [3.63, 3.8) is 0 Å². The second kappa shape index (κ2) is 6.05. The van der Waals surface area contributed by atoms with Crippen LogP contribution < -0.4 is 5.32 Å². The molecule has 110 valence electrons. The van der Waals surface area contributed by atoms with Gasteiger partial charge in [0.25, 0.3) is 5.91 Å². The molecule has 0 aliphatic carbocycles. The number of rotatable bonds is 4. The molecule has 1 aromatic carbocycles. The SMILES string of the molecule is O=C(NCC1CCOC1)c1cc(-c2cccc(F)c2)no1. The second-order valence-corrected chi connectivity index (χ2v) is 5.03. The highest BCUT2D eigenvalue weighted by atomic mass is 19.1. The lowest BCUT2D eigenvalue weighted by Gasteiger charge is -2.07. The number of hydrogen-bond donors (Lipinski definition) is 1. The van der Waals surface area contributed by atoms with Crippen LogP contribution >= 0.6 is 0 Å². The molecule has 5 nitrogen and oxygen atoms in total. The van der Waals surface area contributed by atoms with E-state index >= 15 is 0 Å². The van der Waals surface area contributed by atoms with E-state index in [2.05, 4.69) is 10.5 Å². The first kappa shape index (κ1) is 13.8. The molecule has 1 aliphatic heterocycles. The summed E-state index contributed by atoms with van der Waals surface area (Å²) in [4.78, 5) is 12.0. The van der Waals surface area contributed by atoms with E-state index in [4.69, 9.17) is 9.26 Å². The van der Waals surface area contributed by atoms with Crippen molar-refractivity contribution in [1.29, 1.82) is 0 Å². The minimum Gasteiger partial charge on any atom is -0.381 e. The number of carbonyl (C=O) groups is 1. The monoisotopic (exact) mass is 290 g/mol. The molecule has 2 heterocycles. The fourth-order valence-corrected chi connectivity index (χ4v) is 2.23. The minimum absolute atomic E-state index is 0.119. The summed E-state index contributed by atoms with van der Waals surface area (Å²) in [6.07, 6.45) is 0.950. The smallest absolute Gasteiger partial charge is 0.289 e. The average molecular weight is 290 g/mol. The maximum atomic E-state index is 13.2. The molecule has 1 aliphatic rings. The van der Waals surface area contributed by atoms with Gasteiger partial charge >= 0.3 is 0 Å². The van der Waals surface area contributed by atoms with Crippen LogP contribution in [0.15, 0.2) is 34.9 Å². The highest BCUT2D eigenvalue weighted by molar-refractivity contribution is 5.92. The van der Waals surface area contributed by atoms with Crippen LogP contribution in [0.5, 0.6) is 0 Å². The Bertz CT molecular complexity index is 635. The van der Waals surface area contributed by atoms with Gasteiger partial charge in [-0.3, -0.25) is 4.79 Å². The van der Waals surface area contributed by atoms with Crippen molar-refractivity contribution in [1.82, 2.24) is 10.5 Å². The molecular formula is C15H15FN2O3. The van der Waals surface area contributed by atoms with E-state index in [0.717, 1.165) is 13.0 Å². The number of aromatic nitrogens is 1. The van der Waals surface area contributed by atoms with E-state index in [-0.39, 0.29) is 17.5 Å². The molecule has 0 saturated carbocycles. The van der Waals surface area contributed by atoms with Crippen LogP contribution in [0, 0.1) is 11.7 Å². The maximum Gasteiger partial charge on any atom is 0.289 e. The van der Waals surface area contributed by atoms with Crippen LogP contribution in [0.3, 0.4) is 0 Å². The van der Waals surface area contributed by atoms with Gasteiger partial charge in [-0.25, -0.2) is 4.39 Å². The van der Waals surface area contributed by atoms with Crippen LogP contribution in [0.4, 0.5) is 4.39 Å². The Labute approximate surface area is 121 Å². The lowest BCUT2D eigenvalue weighted by atomic mass is 10.1. The molecule has 3 rings (SSSR count). The number of benzene rings is 1. The van der Waals surface area contributed by atoms with Crippen molar-refractivity contribution in [2.75, 3.05) is 19.8 Å². The Hall–Kier alpha value is -2.21. The fraction of sp³-hybridized carbons (Fsp3) is 0.333. The minimum atomic E-state index is -0.359. The van der Waals surface area contributed by atoms with Crippen LogP contribution in [0.1, 0.15) is 17.0 Å². The first-order valence-corrected chi connectivity index (χ1v) is 6.81. The molecule has 0 bridgehead atoms. The molecule has 2 aromatic rings. The van der Waals surface area contributed by atoms with Gasteiger partial charge in [0, 0.05) is 30.7 Å². The van der Waals surface area contributed by atoms with Crippen LogP contribution in [-0.2, 0) is 4.74 Å². The molecule has 21 heavy (non-hydrogen) atoms. The zero-order valence-corrected chi connectivity index (χ0v) is 11.3. The van der Waals surface area contributed by atoms with E-state index < -0.39 is 0 Å². The normalized spacial score (nSPS) is 17.9. The summed E-state index contributed by atoms with van der Waals surface area (Å²) < 4.78 is 23.4. The van der Waals surface area contributed by atoms with Gasteiger partial charge in [-0.2, -0.15) is 0 Å². The number of nitrogens with zero attached hydrogens (tertiary/aromatic N) is 1. The Morgan fingerprint density at radius 2 is 2.33 bits per heavy atom. The summed E-state index contributed by atoms with van der Waals surface area (Å²) in [6, 6.07) is 7.49. The summed E-state index contributed by atoms with van der Waals surface area (Å²) in [6.45, 7) is 1.96. The van der Waals surface area contributed by atoms with Crippen molar-refractivity contribution < 1.29 is 18.4 Å². The van der Waals surface area contributed by atoms with Gasteiger partial charge in [-0.15, -0.1) is 0 Å². The summed E-state index contributed by atoms with van der Waals surface area (Å²) in [7, 11) is 0. The summed E-state index contributed by atoms with van der Waals surface area (Å²) in [5.74, 6) is -0.215. The first-order valence-electron chi connectivity index (χ1n) is 6.81. The Morgan fingerprint density at radius 1 is 1.43 bits per heavy atom. The number of amides is 1. The van der Waals surface area contributed by atoms with Gasteiger partial charge in [-0.1, -0.05) is 17.3 Å². The van der Waals surface area contributed by atoms with E-state index in [1.54, 1.807) is 12.1 Å². The van der Waals surface area contributed by atoms with Gasteiger partial charge in [-0.05, 0) is 18.6 Å². The molecule has 1 saturated heterocycles. The van der Waals surface area contributed by atoms with Crippen LogP contribution in [0.25, 0.3) is 11.3 Å². The Morgan fingerprint density at radius 3 is 3.10 bits per heavy atom. The lowest BCUT2D eigenvalue weighted by Crippen LogP contribution is -2.29. The van der Waals surface area contributed by atoms with E-state index in [1.165, 1.54) is 18.2 Å². The van der Waals surface area contributed by atoms with Crippen LogP contribution in [0.2, 0.25) is 0 Å². The molecule has 1 N–H and O–H groups in total. The van der Waals surface area contributed by atoms with Crippen molar-refractivity contribution >= 4 is 5.91 Å². The zero-order valence-electron chi connectivity index (χ0n) is 11.3. The van der Waals surface area contributed by atoms with Gasteiger partial charge < -0.3 is 14.6 Å². The Balaban J connectivity index is 1.65. The highest BCUT2D eigenvalue weighted by Gasteiger charge is 2.19. The molecule has 1 atom stereocenters. The first-order chi connectivity index (χ1) is 10.2. The fourth-order valence-electron chi connectivity index (χ4n) is 2.23. The third-order valence-corrected chi connectivity index (χ3v) is 3.43. The van der Waals surface area contributed by atoms with E-state index in [0.29, 0.717) is 30.3 Å². The van der Waals surface area contributed by atoms with Gasteiger partial charge in [0.1, 0.15) is 11.5 Å². The zero-order chi connectivity index (χ0) is 14.7. The lowest BCUT2D eigenvalue weighted by molar-refractivity contribution is 0.0908. The summed E-state index contributed by atoms with van der Waals surface area (Å²) in [5.41, 5.74) is 1.01. The maximum absolute atomic E-state index is 13.2. The van der Waals surface area contributed by atoms with Gasteiger partial charge in [0.15, 0.2) is 0 Å². The number of carbonyl (C=O) groups excluding carboxylic acids is 1. The molecule has 0 radical (unpaired) electrons. The van der Waals surface area contributed by atoms with Gasteiger partial charge in [0.05, 0.1) is 6.61 Å². The molecule has 6 heteroatoms. The van der Waals surface area contributed by atoms with Crippen LogP contribution in [-0.4, -0.2) is 30.8 Å². The third kappa shape index (κ3) is 3.28. The van der Waals surface area contributed by atoms with Crippen molar-refractivity contribution in [2.24, 2.45) is 5.92 Å². The third-order valence-electron chi connectivity index (χ3n) is 3.43. The molecule has 1 aromatic heterocycles. The summed E-state index contributed by atoms with van der Waals surface area (Å²) >= 11 is 0. The van der Waals surface area contributed by atoms with E-state index in [1.807, 2.05) is 0 Å². The molecule has 1 unspecified atom stereocenters. The largest absolute Gasteiger partial charge is 0.381 e. The molecule has 1 amide bonds. The predicted octanol–water partition coefficient (Wildman–Crippen LogP) is 2.25. The van der Waals surface area contributed by atoms with E-state index in [9.17, 15) is 9.18 Å². The average Bonchev–Trinajstić information content (AvgIpc) is 3.16. The van der Waals surface area contributed by atoms with Gasteiger partial charge in [0.2, 0.25) is 5.76 Å². The number of nitrogens with one attached hydrogen (secondary N) is 1. The Kier molecular flexibility index (Phi) is 3.96. The quantitative estimate of drug-likeness (QED) is 0.938.